The van der Waals surface area contributed by atoms with E-state index in [0.29, 0.717) is 18.8 Å². The largest absolute Gasteiger partial charge is 0.343 e. The molecule has 8 nitrogen and oxygen atoms in total. The fraction of sp³-hybridized carbons (Fsp3) is 0.389. The van der Waals surface area contributed by atoms with E-state index in [1.807, 2.05) is 30.3 Å². The number of nitrogens with one attached hydrogen (secondary N) is 1. The summed E-state index contributed by atoms with van der Waals surface area (Å²) in [6.07, 6.45) is 6.09. The lowest BCUT2D eigenvalue weighted by Crippen LogP contribution is -2.25. The number of aromatic nitrogens is 6. The average Bonchev–Trinajstić information content (AvgIpc) is 3.21. The molecule has 134 valence electrons. The molecule has 3 aromatic rings. The van der Waals surface area contributed by atoms with Crippen LogP contribution in [-0.2, 0) is 26.1 Å². The van der Waals surface area contributed by atoms with Crippen LogP contribution in [0.25, 0.3) is 0 Å². The molecule has 8 heteroatoms. The maximum Gasteiger partial charge on any atom is 0.273 e. The smallest absolute Gasteiger partial charge is 0.273 e. The van der Waals surface area contributed by atoms with E-state index in [2.05, 4.69) is 30.4 Å². The molecule has 1 N–H and O–H groups in total. The number of fused-ring (bicyclic) bond motifs is 1. The second-order valence-electron chi connectivity index (χ2n) is 6.46. The van der Waals surface area contributed by atoms with E-state index < -0.39 is 0 Å². The molecule has 0 spiro atoms. The first-order valence-corrected chi connectivity index (χ1v) is 8.93. The molecule has 26 heavy (non-hydrogen) atoms. The van der Waals surface area contributed by atoms with Gasteiger partial charge in [0.25, 0.3) is 5.91 Å². The summed E-state index contributed by atoms with van der Waals surface area (Å²) in [6.45, 7) is 1.84. The summed E-state index contributed by atoms with van der Waals surface area (Å²) >= 11 is 0. The molecule has 4 rings (SSSR count). The van der Waals surface area contributed by atoms with Crippen molar-refractivity contribution in [1.82, 2.24) is 35.1 Å². The predicted molar refractivity (Wildman–Crippen MR) is 94.3 cm³/mol. The van der Waals surface area contributed by atoms with Gasteiger partial charge in [-0.2, -0.15) is 0 Å². The molecule has 0 saturated carbocycles. The Bertz CT molecular complexity index is 884. The van der Waals surface area contributed by atoms with Crippen molar-refractivity contribution in [2.75, 3.05) is 0 Å². The van der Waals surface area contributed by atoms with Gasteiger partial charge in [-0.1, -0.05) is 42.0 Å². The Balaban J connectivity index is 1.38. The predicted octanol–water partition coefficient (Wildman–Crippen LogP) is 1.57. The number of carbonyl (C=O) groups excluding carboxylic acids is 1. The van der Waals surface area contributed by atoms with E-state index in [1.165, 1.54) is 6.42 Å². The standard InChI is InChI=1S/C18H21N7O/c26-18(15-13-24(23-20-15)12-14-7-3-1-4-8-14)19-11-17-22-21-16-9-5-2-6-10-25(16)17/h1,3-4,7-8,13H,2,5-6,9-12H2,(H,19,26). The summed E-state index contributed by atoms with van der Waals surface area (Å²) in [5.41, 5.74) is 1.41. The van der Waals surface area contributed by atoms with Crippen LogP contribution in [0.15, 0.2) is 36.5 Å². The zero-order valence-electron chi connectivity index (χ0n) is 14.5. The van der Waals surface area contributed by atoms with Crippen LogP contribution in [0.2, 0.25) is 0 Å². The third-order valence-electron chi connectivity index (χ3n) is 4.55. The lowest BCUT2D eigenvalue weighted by Gasteiger charge is -2.07. The van der Waals surface area contributed by atoms with Gasteiger partial charge in [0, 0.05) is 13.0 Å². The summed E-state index contributed by atoms with van der Waals surface area (Å²) < 4.78 is 3.78. The number of amides is 1. The van der Waals surface area contributed by atoms with Crippen molar-refractivity contribution in [2.45, 2.75) is 45.3 Å². The SMILES string of the molecule is O=C(NCc1nnc2n1CCCCC2)c1cn(Cc2ccccc2)nn1. The van der Waals surface area contributed by atoms with Gasteiger partial charge in [0.05, 0.1) is 19.3 Å². The van der Waals surface area contributed by atoms with Crippen LogP contribution in [0.3, 0.4) is 0 Å². The van der Waals surface area contributed by atoms with Crippen molar-refractivity contribution >= 4 is 5.91 Å². The van der Waals surface area contributed by atoms with Gasteiger partial charge < -0.3 is 9.88 Å². The van der Waals surface area contributed by atoms with Crippen LogP contribution in [-0.4, -0.2) is 35.7 Å². The van der Waals surface area contributed by atoms with Crippen LogP contribution in [0, 0.1) is 0 Å². The molecule has 1 amide bonds. The monoisotopic (exact) mass is 351 g/mol. The highest BCUT2D eigenvalue weighted by Gasteiger charge is 2.16. The van der Waals surface area contributed by atoms with Crippen molar-refractivity contribution < 1.29 is 4.79 Å². The van der Waals surface area contributed by atoms with E-state index in [4.69, 9.17) is 0 Å². The van der Waals surface area contributed by atoms with Crippen LogP contribution in [0.5, 0.6) is 0 Å². The summed E-state index contributed by atoms with van der Waals surface area (Å²) in [6, 6.07) is 9.94. The number of hydrogen-bond acceptors (Lipinski definition) is 5. The van der Waals surface area contributed by atoms with Crippen molar-refractivity contribution in [3.05, 3.63) is 59.4 Å². The highest BCUT2D eigenvalue weighted by molar-refractivity contribution is 5.91. The molecule has 3 heterocycles. The minimum absolute atomic E-state index is 0.254. The van der Waals surface area contributed by atoms with Crippen LogP contribution >= 0.6 is 0 Å². The molecule has 0 unspecified atom stereocenters. The van der Waals surface area contributed by atoms with E-state index in [1.54, 1.807) is 10.9 Å². The topological polar surface area (TPSA) is 90.5 Å². The van der Waals surface area contributed by atoms with Gasteiger partial charge >= 0.3 is 0 Å². The average molecular weight is 351 g/mol. The minimum atomic E-state index is -0.254. The van der Waals surface area contributed by atoms with Gasteiger partial charge in [0.2, 0.25) is 0 Å². The number of rotatable bonds is 5. The number of aryl methyl sites for hydroxylation is 1. The first-order valence-electron chi connectivity index (χ1n) is 8.93. The van der Waals surface area contributed by atoms with E-state index in [-0.39, 0.29) is 5.91 Å². The summed E-state index contributed by atoms with van der Waals surface area (Å²) in [4.78, 5) is 12.4. The van der Waals surface area contributed by atoms with Crippen LogP contribution in [0.1, 0.15) is 47.0 Å². The number of carbonyl (C=O) groups is 1. The molecule has 0 aliphatic carbocycles. The zero-order valence-corrected chi connectivity index (χ0v) is 14.5. The number of nitrogens with zero attached hydrogens (tertiary/aromatic N) is 6. The molecule has 1 aliphatic heterocycles. The number of hydrogen-bond donors (Lipinski definition) is 1. The highest BCUT2D eigenvalue weighted by atomic mass is 16.2. The summed E-state index contributed by atoms with van der Waals surface area (Å²) in [5, 5.41) is 19.3. The molecule has 0 atom stereocenters. The molecule has 0 saturated heterocycles. The van der Waals surface area contributed by atoms with Crippen molar-refractivity contribution in [2.24, 2.45) is 0 Å². The quantitative estimate of drug-likeness (QED) is 0.753. The van der Waals surface area contributed by atoms with Crippen LogP contribution < -0.4 is 5.32 Å². The fourth-order valence-electron chi connectivity index (χ4n) is 3.18. The first kappa shape index (κ1) is 16.4. The Morgan fingerprint density at radius 2 is 1.96 bits per heavy atom. The molecule has 1 aromatic carbocycles. The highest BCUT2D eigenvalue weighted by Crippen LogP contribution is 2.14. The molecule has 2 aromatic heterocycles. The molecule has 1 aliphatic rings. The maximum absolute atomic E-state index is 12.4. The van der Waals surface area contributed by atoms with E-state index in [9.17, 15) is 4.79 Å². The summed E-state index contributed by atoms with van der Waals surface area (Å²) in [5.74, 6) is 1.56. The Morgan fingerprint density at radius 1 is 1.08 bits per heavy atom. The second-order valence-corrected chi connectivity index (χ2v) is 6.46. The lowest BCUT2D eigenvalue weighted by molar-refractivity contribution is 0.0944. The van der Waals surface area contributed by atoms with Gasteiger partial charge in [-0.15, -0.1) is 15.3 Å². The molecular formula is C18H21N7O. The zero-order chi connectivity index (χ0) is 17.8. The molecule has 0 radical (unpaired) electrons. The van der Waals surface area contributed by atoms with Crippen molar-refractivity contribution in [3.8, 4) is 0 Å². The van der Waals surface area contributed by atoms with Gasteiger partial charge in [-0.05, 0) is 18.4 Å². The Morgan fingerprint density at radius 3 is 2.85 bits per heavy atom. The minimum Gasteiger partial charge on any atom is -0.343 e. The van der Waals surface area contributed by atoms with Crippen LogP contribution in [0.4, 0.5) is 0 Å². The van der Waals surface area contributed by atoms with Crippen molar-refractivity contribution in [1.29, 1.82) is 0 Å². The van der Waals surface area contributed by atoms with Gasteiger partial charge in [-0.25, -0.2) is 4.68 Å². The van der Waals surface area contributed by atoms with E-state index >= 15 is 0 Å². The maximum atomic E-state index is 12.4. The molecule has 0 bridgehead atoms. The van der Waals surface area contributed by atoms with Gasteiger partial charge in [0.1, 0.15) is 5.82 Å². The Hall–Kier alpha value is -3.03. The van der Waals surface area contributed by atoms with Crippen molar-refractivity contribution in [3.63, 3.8) is 0 Å². The Kier molecular flexibility index (Phi) is 4.72. The lowest BCUT2D eigenvalue weighted by atomic mass is 10.2. The van der Waals surface area contributed by atoms with Gasteiger partial charge in [0.15, 0.2) is 11.5 Å². The normalized spacial score (nSPS) is 13.8. The summed E-state index contributed by atoms with van der Waals surface area (Å²) in [7, 11) is 0. The number of benzene rings is 1. The molecule has 0 fully saturated rings. The first-order chi connectivity index (χ1) is 12.8. The second kappa shape index (κ2) is 7.47. The fourth-order valence-corrected chi connectivity index (χ4v) is 3.18. The molecular weight excluding hydrogens is 330 g/mol. The Labute approximate surface area is 151 Å². The third-order valence-corrected chi connectivity index (χ3v) is 4.55. The third kappa shape index (κ3) is 3.63. The van der Waals surface area contributed by atoms with E-state index in [0.717, 1.165) is 43.0 Å². The van der Waals surface area contributed by atoms with Gasteiger partial charge in [-0.3, -0.25) is 4.79 Å².